The van der Waals surface area contributed by atoms with Crippen LogP contribution in [0.1, 0.15) is 24.2 Å². The van der Waals surface area contributed by atoms with Crippen molar-refractivity contribution in [1.29, 1.82) is 0 Å². The van der Waals surface area contributed by atoms with Crippen LogP contribution in [-0.2, 0) is 4.79 Å². The SMILES string of the molecule is CC(C)C(NC(=O)c1ccccc1)C(=O)Nc1ccc(-c2nc3ccccc3o2)cc1. The molecule has 0 saturated heterocycles. The van der Waals surface area contributed by atoms with E-state index in [1.165, 1.54) is 0 Å². The van der Waals surface area contributed by atoms with Crippen molar-refractivity contribution in [2.45, 2.75) is 19.9 Å². The molecule has 0 aliphatic heterocycles. The molecule has 2 N–H and O–H groups in total. The molecule has 2 amide bonds. The van der Waals surface area contributed by atoms with Gasteiger partial charge in [0.15, 0.2) is 5.58 Å². The van der Waals surface area contributed by atoms with E-state index in [2.05, 4.69) is 15.6 Å². The van der Waals surface area contributed by atoms with Crippen LogP contribution in [0.25, 0.3) is 22.6 Å². The molecule has 31 heavy (non-hydrogen) atoms. The fourth-order valence-electron chi connectivity index (χ4n) is 3.26. The van der Waals surface area contributed by atoms with E-state index in [1.807, 2.05) is 56.3 Å². The number of nitrogens with zero attached hydrogens (tertiary/aromatic N) is 1. The van der Waals surface area contributed by atoms with Gasteiger partial charge < -0.3 is 15.1 Å². The summed E-state index contributed by atoms with van der Waals surface area (Å²) in [5.74, 6) is -0.101. The number of benzene rings is 3. The van der Waals surface area contributed by atoms with Crippen LogP contribution in [0.3, 0.4) is 0 Å². The second kappa shape index (κ2) is 8.83. The van der Waals surface area contributed by atoms with Crippen molar-refractivity contribution in [3.63, 3.8) is 0 Å². The Labute approximate surface area is 180 Å². The molecule has 156 valence electrons. The molecule has 1 heterocycles. The van der Waals surface area contributed by atoms with Crippen molar-refractivity contribution < 1.29 is 14.0 Å². The van der Waals surface area contributed by atoms with Crippen molar-refractivity contribution in [2.75, 3.05) is 5.32 Å². The molecular weight excluding hydrogens is 390 g/mol. The van der Waals surface area contributed by atoms with Gasteiger partial charge in [-0.2, -0.15) is 0 Å². The lowest BCUT2D eigenvalue weighted by atomic mass is 10.0. The fraction of sp³-hybridized carbons (Fsp3) is 0.160. The van der Waals surface area contributed by atoms with E-state index < -0.39 is 6.04 Å². The summed E-state index contributed by atoms with van der Waals surface area (Å²) in [6.07, 6.45) is 0. The highest BCUT2D eigenvalue weighted by atomic mass is 16.3. The minimum atomic E-state index is -0.663. The summed E-state index contributed by atoms with van der Waals surface area (Å²) in [6, 6.07) is 23.0. The van der Waals surface area contributed by atoms with Crippen LogP contribution < -0.4 is 10.6 Å². The number of amides is 2. The van der Waals surface area contributed by atoms with Gasteiger partial charge in [0.25, 0.3) is 5.91 Å². The monoisotopic (exact) mass is 413 g/mol. The van der Waals surface area contributed by atoms with Gasteiger partial charge >= 0.3 is 0 Å². The number of nitrogens with one attached hydrogen (secondary N) is 2. The first-order valence-corrected chi connectivity index (χ1v) is 10.1. The van der Waals surface area contributed by atoms with Crippen LogP contribution in [0.5, 0.6) is 0 Å². The average Bonchev–Trinajstić information content (AvgIpc) is 3.22. The maximum absolute atomic E-state index is 12.8. The van der Waals surface area contributed by atoms with E-state index in [9.17, 15) is 9.59 Å². The molecule has 1 aromatic heterocycles. The number of carbonyl (C=O) groups excluding carboxylic acids is 2. The Kier molecular flexibility index (Phi) is 5.80. The van der Waals surface area contributed by atoms with Gasteiger partial charge in [0.05, 0.1) is 0 Å². The van der Waals surface area contributed by atoms with Gasteiger partial charge in [0.1, 0.15) is 11.6 Å². The van der Waals surface area contributed by atoms with Crippen LogP contribution >= 0.6 is 0 Å². The van der Waals surface area contributed by atoms with E-state index in [0.29, 0.717) is 17.1 Å². The van der Waals surface area contributed by atoms with Crippen LogP contribution in [0.2, 0.25) is 0 Å². The maximum Gasteiger partial charge on any atom is 0.251 e. The first-order chi connectivity index (χ1) is 15.0. The predicted octanol–water partition coefficient (Wildman–Crippen LogP) is 4.89. The Morgan fingerprint density at radius 3 is 2.23 bits per heavy atom. The first-order valence-electron chi connectivity index (χ1n) is 10.1. The van der Waals surface area contributed by atoms with Gasteiger partial charge in [-0.15, -0.1) is 0 Å². The summed E-state index contributed by atoms with van der Waals surface area (Å²) in [4.78, 5) is 29.8. The molecule has 0 radical (unpaired) electrons. The molecule has 0 fully saturated rings. The van der Waals surface area contributed by atoms with Gasteiger partial charge in [-0.25, -0.2) is 4.98 Å². The highest BCUT2D eigenvalue weighted by Gasteiger charge is 2.24. The average molecular weight is 413 g/mol. The quantitative estimate of drug-likeness (QED) is 0.471. The first kappa shape index (κ1) is 20.3. The van der Waals surface area contributed by atoms with E-state index in [1.54, 1.807) is 36.4 Å². The van der Waals surface area contributed by atoms with Crippen LogP contribution in [0.15, 0.2) is 83.3 Å². The van der Waals surface area contributed by atoms with Crippen molar-refractivity contribution >= 4 is 28.6 Å². The molecule has 3 aromatic carbocycles. The van der Waals surface area contributed by atoms with Gasteiger partial charge in [0.2, 0.25) is 11.8 Å². The molecule has 6 nitrogen and oxygen atoms in total. The largest absolute Gasteiger partial charge is 0.436 e. The maximum atomic E-state index is 12.8. The van der Waals surface area contributed by atoms with Crippen LogP contribution in [0.4, 0.5) is 5.69 Å². The molecule has 6 heteroatoms. The number of carbonyl (C=O) groups is 2. The van der Waals surface area contributed by atoms with Gasteiger partial charge in [-0.1, -0.05) is 44.2 Å². The molecule has 0 aliphatic rings. The minimum absolute atomic E-state index is 0.0771. The zero-order chi connectivity index (χ0) is 21.8. The number of para-hydroxylation sites is 2. The van der Waals surface area contributed by atoms with Gasteiger partial charge in [-0.05, 0) is 54.4 Å². The van der Waals surface area contributed by atoms with E-state index >= 15 is 0 Å². The van der Waals surface area contributed by atoms with E-state index in [4.69, 9.17) is 4.42 Å². The molecule has 0 aliphatic carbocycles. The van der Waals surface area contributed by atoms with Crippen LogP contribution in [-0.4, -0.2) is 22.8 Å². The number of hydrogen-bond acceptors (Lipinski definition) is 4. The fourth-order valence-corrected chi connectivity index (χ4v) is 3.26. The highest BCUT2D eigenvalue weighted by molar-refractivity contribution is 6.01. The molecule has 4 aromatic rings. The Balaban J connectivity index is 1.45. The predicted molar refractivity (Wildman–Crippen MR) is 121 cm³/mol. The Hall–Kier alpha value is -3.93. The van der Waals surface area contributed by atoms with Crippen molar-refractivity contribution in [3.05, 3.63) is 84.4 Å². The third kappa shape index (κ3) is 4.64. The zero-order valence-corrected chi connectivity index (χ0v) is 17.3. The summed E-state index contributed by atoms with van der Waals surface area (Å²) in [5.41, 5.74) is 3.48. The number of hydrogen-bond donors (Lipinski definition) is 2. The Morgan fingerprint density at radius 1 is 0.871 bits per heavy atom. The molecule has 1 unspecified atom stereocenters. The second-order valence-electron chi connectivity index (χ2n) is 7.61. The number of oxazole rings is 1. The third-order valence-electron chi connectivity index (χ3n) is 4.96. The lowest BCUT2D eigenvalue weighted by Crippen LogP contribution is -2.47. The smallest absolute Gasteiger partial charge is 0.251 e. The lowest BCUT2D eigenvalue weighted by molar-refractivity contribution is -0.118. The number of aromatic nitrogens is 1. The molecule has 4 rings (SSSR count). The van der Waals surface area contributed by atoms with Crippen molar-refractivity contribution in [3.8, 4) is 11.5 Å². The molecule has 1 atom stereocenters. The molecular formula is C25H23N3O3. The van der Waals surface area contributed by atoms with E-state index in [-0.39, 0.29) is 17.7 Å². The van der Waals surface area contributed by atoms with Gasteiger partial charge in [-0.3, -0.25) is 9.59 Å². The van der Waals surface area contributed by atoms with E-state index in [0.717, 1.165) is 16.7 Å². The zero-order valence-electron chi connectivity index (χ0n) is 17.3. The number of anilines is 1. The molecule has 0 spiro atoms. The summed E-state index contributed by atoms with van der Waals surface area (Å²) in [5, 5.41) is 5.71. The van der Waals surface area contributed by atoms with Crippen LogP contribution in [0, 0.1) is 5.92 Å². The lowest BCUT2D eigenvalue weighted by Gasteiger charge is -2.22. The minimum Gasteiger partial charge on any atom is -0.436 e. The number of rotatable bonds is 6. The Morgan fingerprint density at radius 2 is 1.55 bits per heavy atom. The van der Waals surface area contributed by atoms with Crippen molar-refractivity contribution in [1.82, 2.24) is 10.3 Å². The Bertz CT molecular complexity index is 1160. The summed E-state index contributed by atoms with van der Waals surface area (Å²) >= 11 is 0. The summed E-state index contributed by atoms with van der Waals surface area (Å²) in [7, 11) is 0. The standard InChI is InChI=1S/C25H23N3O3/c1-16(2)22(28-23(29)17-8-4-3-5-9-17)24(30)26-19-14-12-18(13-15-19)25-27-20-10-6-7-11-21(20)31-25/h3-16,22H,1-2H3,(H,26,30)(H,28,29). The normalized spacial score (nSPS) is 12.0. The summed E-state index contributed by atoms with van der Waals surface area (Å²) < 4.78 is 5.78. The number of fused-ring (bicyclic) bond motifs is 1. The van der Waals surface area contributed by atoms with Crippen molar-refractivity contribution in [2.24, 2.45) is 5.92 Å². The molecule has 0 saturated carbocycles. The highest BCUT2D eigenvalue weighted by Crippen LogP contribution is 2.25. The third-order valence-corrected chi connectivity index (χ3v) is 4.96. The van der Waals surface area contributed by atoms with Gasteiger partial charge in [0, 0.05) is 16.8 Å². The molecule has 0 bridgehead atoms. The second-order valence-corrected chi connectivity index (χ2v) is 7.61. The topological polar surface area (TPSA) is 84.2 Å². The summed E-state index contributed by atoms with van der Waals surface area (Å²) in [6.45, 7) is 3.79.